The van der Waals surface area contributed by atoms with Crippen LogP contribution in [0.3, 0.4) is 0 Å². The molecule has 47 heavy (non-hydrogen) atoms. The first-order chi connectivity index (χ1) is 22.6. The van der Waals surface area contributed by atoms with Crippen molar-refractivity contribution in [2.24, 2.45) is 7.05 Å². The summed E-state index contributed by atoms with van der Waals surface area (Å²) in [7, 11) is 4.06. The highest BCUT2D eigenvalue weighted by Crippen LogP contribution is 2.44. The van der Waals surface area contributed by atoms with Gasteiger partial charge in [0.05, 0.1) is 23.3 Å². The first kappa shape index (κ1) is 30.8. The Balaban J connectivity index is 1.21. The van der Waals surface area contributed by atoms with Crippen molar-refractivity contribution in [3.63, 3.8) is 0 Å². The molecular weight excluding hydrogens is 602 g/mol. The number of aryl methyl sites for hydroxylation is 3. The summed E-state index contributed by atoms with van der Waals surface area (Å²) in [5.41, 5.74) is 6.57. The van der Waals surface area contributed by atoms with E-state index in [2.05, 4.69) is 33.1 Å². The molecule has 1 fully saturated rings. The number of carbonyl (C=O) groups excluding carboxylic acids is 2. The molecule has 3 aromatic carbocycles. The van der Waals surface area contributed by atoms with Gasteiger partial charge in [0.2, 0.25) is 5.91 Å². The van der Waals surface area contributed by atoms with Gasteiger partial charge in [0.15, 0.2) is 5.78 Å². The van der Waals surface area contributed by atoms with Gasteiger partial charge in [-0.05, 0) is 44.0 Å². The van der Waals surface area contributed by atoms with E-state index in [4.69, 9.17) is 9.72 Å². The Labute approximate surface area is 270 Å². The molecule has 0 aliphatic carbocycles. The molecule has 1 atom stereocenters. The summed E-state index contributed by atoms with van der Waals surface area (Å²) in [6.45, 7) is 7.05. The van der Waals surface area contributed by atoms with Crippen LogP contribution in [0.5, 0.6) is 0 Å². The fourth-order valence-electron chi connectivity index (χ4n) is 6.79. The van der Waals surface area contributed by atoms with Crippen LogP contribution in [0.2, 0.25) is 0 Å². The molecule has 2 N–H and O–H groups in total. The molecule has 11 heteroatoms. The Morgan fingerprint density at radius 3 is 2.64 bits per heavy atom. The fourth-order valence-corrected chi connectivity index (χ4v) is 6.79. The Morgan fingerprint density at radius 2 is 1.89 bits per heavy atom. The highest BCUT2D eigenvalue weighted by molar-refractivity contribution is 6.19. The number of amides is 1. The number of imidazole rings is 1. The zero-order valence-corrected chi connectivity index (χ0v) is 26.8. The second kappa shape index (κ2) is 12.1. The van der Waals surface area contributed by atoms with Gasteiger partial charge in [-0.1, -0.05) is 24.3 Å². The first-order valence-corrected chi connectivity index (χ1v) is 15.7. The molecular formula is C36H36F2N6O3. The number of anilines is 2. The molecule has 1 saturated heterocycles. The average Bonchev–Trinajstić information content (AvgIpc) is 3.77. The second-order valence-corrected chi connectivity index (χ2v) is 12.4. The van der Waals surface area contributed by atoms with Crippen molar-refractivity contribution in [3.8, 4) is 11.1 Å². The van der Waals surface area contributed by atoms with E-state index in [1.807, 2.05) is 43.8 Å². The molecule has 2 aliphatic rings. The molecule has 2 aromatic heterocycles. The summed E-state index contributed by atoms with van der Waals surface area (Å²) in [6, 6.07) is 10.1. The summed E-state index contributed by atoms with van der Waals surface area (Å²) in [5.74, 6) is -2.32. The molecule has 5 aromatic rings. The minimum Gasteiger partial charge on any atom is -0.380 e. The zero-order valence-electron chi connectivity index (χ0n) is 26.8. The molecule has 4 heterocycles. The van der Waals surface area contributed by atoms with E-state index in [1.54, 1.807) is 12.3 Å². The van der Waals surface area contributed by atoms with E-state index in [-0.39, 0.29) is 11.6 Å². The number of para-hydroxylation sites is 1. The highest BCUT2D eigenvalue weighted by Gasteiger charge is 2.27. The third-order valence-corrected chi connectivity index (χ3v) is 9.32. The summed E-state index contributed by atoms with van der Waals surface area (Å²) >= 11 is 0. The van der Waals surface area contributed by atoms with Gasteiger partial charge in [-0.15, -0.1) is 0 Å². The maximum Gasteiger partial charge on any atom is 0.248 e. The van der Waals surface area contributed by atoms with Gasteiger partial charge in [-0.3, -0.25) is 9.59 Å². The number of halogens is 2. The Morgan fingerprint density at radius 1 is 1.11 bits per heavy atom. The zero-order chi connectivity index (χ0) is 33.0. The average molecular weight is 639 g/mol. The van der Waals surface area contributed by atoms with Crippen LogP contribution in [0.4, 0.5) is 20.2 Å². The van der Waals surface area contributed by atoms with Crippen molar-refractivity contribution in [3.05, 3.63) is 88.9 Å². The number of nitrogens with one attached hydrogen (secondary N) is 2. The van der Waals surface area contributed by atoms with Crippen molar-refractivity contribution in [1.29, 1.82) is 0 Å². The van der Waals surface area contributed by atoms with Crippen LogP contribution in [-0.2, 0) is 23.1 Å². The Hall–Kier alpha value is -4.87. The van der Waals surface area contributed by atoms with Crippen molar-refractivity contribution in [2.75, 3.05) is 43.6 Å². The van der Waals surface area contributed by atoms with Crippen LogP contribution < -0.4 is 15.5 Å². The SMILES string of the molecule is Cc1cc2c(nc(C)n2C)c2c1-c1cccc3c(C(=O)c4cc(F)c(NC(=O)/C=C/CN[C@H]5CCOC5)c(F)c4)cn(c13)CCN2C. The van der Waals surface area contributed by atoms with E-state index < -0.39 is 29.0 Å². The van der Waals surface area contributed by atoms with Gasteiger partial charge < -0.3 is 29.4 Å². The van der Waals surface area contributed by atoms with Gasteiger partial charge in [0.25, 0.3) is 0 Å². The number of rotatable bonds is 7. The lowest BCUT2D eigenvalue weighted by Crippen LogP contribution is -2.29. The van der Waals surface area contributed by atoms with Crippen LogP contribution in [0.1, 0.15) is 33.7 Å². The standard InChI is InChI=1S/C36H36F2N6O3/c1-20-15-29-33(40-21(2)43(29)4)35-31(20)25-8-5-7-24-26(18-44(34(24)25)13-12-42(35)3)36(46)22-16-27(37)32(28(38)17-22)41-30(45)9-6-11-39-23-10-14-47-19-23/h5-9,15-18,23,39H,10-14,19H2,1-4H3,(H,41,45)/b9-6+/t23-/m0/s1. The van der Waals surface area contributed by atoms with Crippen molar-refractivity contribution < 1.29 is 23.1 Å². The predicted octanol–water partition coefficient (Wildman–Crippen LogP) is 5.64. The maximum absolute atomic E-state index is 15.2. The third-order valence-electron chi connectivity index (χ3n) is 9.32. The van der Waals surface area contributed by atoms with Crippen LogP contribution in [0.25, 0.3) is 33.1 Å². The van der Waals surface area contributed by atoms with Gasteiger partial charge >= 0.3 is 0 Å². The summed E-state index contributed by atoms with van der Waals surface area (Å²) in [5, 5.41) is 6.19. The monoisotopic (exact) mass is 638 g/mol. The number of ether oxygens (including phenoxy) is 1. The number of fused-ring (bicyclic) bond motifs is 4. The number of nitrogens with zero attached hydrogens (tertiary/aromatic N) is 4. The topological polar surface area (TPSA) is 93.4 Å². The maximum atomic E-state index is 15.2. The van der Waals surface area contributed by atoms with Crippen molar-refractivity contribution in [2.45, 2.75) is 32.9 Å². The molecule has 7 rings (SSSR count). The number of hydrogen-bond donors (Lipinski definition) is 2. The number of aromatic nitrogens is 3. The molecule has 2 aliphatic heterocycles. The lowest BCUT2D eigenvalue weighted by atomic mass is 9.93. The molecule has 0 spiro atoms. The van der Waals surface area contributed by atoms with Crippen molar-refractivity contribution >= 4 is 45.0 Å². The van der Waals surface area contributed by atoms with E-state index >= 15 is 8.78 Å². The van der Waals surface area contributed by atoms with E-state index in [0.717, 1.165) is 63.3 Å². The molecule has 242 valence electrons. The summed E-state index contributed by atoms with van der Waals surface area (Å²) in [4.78, 5) is 33.4. The minimum absolute atomic E-state index is 0.143. The van der Waals surface area contributed by atoms with E-state index in [0.29, 0.717) is 43.8 Å². The summed E-state index contributed by atoms with van der Waals surface area (Å²) in [6.07, 6.45) is 5.47. The molecule has 0 unspecified atom stereocenters. The fraction of sp³-hybridized carbons (Fsp3) is 0.306. The molecule has 9 nitrogen and oxygen atoms in total. The number of likely N-dealkylation sites (N-methyl/N-ethyl adjacent to an activating group) is 1. The normalized spacial score (nSPS) is 16.2. The lowest BCUT2D eigenvalue weighted by molar-refractivity contribution is -0.112. The van der Waals surface area contributed by atoms with Crippen LogP contribution >= 0.6 is 0 Å². The molecule has 0 bridgehead atoms. The highest BCUT2D eigenvalue weighted by atomic mass is 19.1. The van der Waals surface area contributed by atoms with E-state index in [9.17, 15) is 9.59 Å². The second-order valence-electron chi connectivity index (χ2n) is 12.4. The lowest BCUT2D eigenvalue weighted by Gasteiger charge is -2.28. The van der Waals surface area contributed by atoms with Crippen LogP contribution in [-0.4, -0.2) is 65.2 Å². The molecule has 0 radical (unpaired) electrons. The van der Waals surface area contributed by atoms with Gasteiger partial charge in [-0.25, -0.2) is 13.8 Å². The molecule has 0 saturated carbocycles. The Kier molecular flexibility index (Phi) is 7.89. The predicted molar refractivity (Wildman–Crippen MR) is 179 cm³/mol. The minimum atomic E-state index is -1.03. The number of hydrogen-bond acceptors (Lipinski definition) is 6. The first-order valence-electron chi connectivity index (χ1n) is 15.7. The van der Waals surface area contributed by atoms with Crippen LogP contribution in [0.15, 0.2) is 54.7 Å². The van der Waals surface area contributed by atoms with Crippen molar-refractivity contribution in [1.82, 2.24) is 19.4 Å². The van der Waals surface area contributed by atoms with Gasteiger partial charge in [0.1, 0.15) is 28.7 Å². The number of carbonyl (C=O) groups is 2. The quantitative estimate of drug-likeness (QED) is 0.177. The third kappa shape index (κ3) is 5.39. The van der Waals surface area contributed by atoms with E-state index in [1.165, 1.54) is 6.08 Å². The van der Waals surface area contributed by atoms with Gasteiger partial charge in [-0.2, -0.15) is 0 Å². The number of benzene rings is 3. The largest absolute Gasteiger partial charge is 0.380 e. The Bertz CT molecular complexity index is 2080. The summed E-state index contributed by atoms with van der Waals surface area (Å²) < 4.78 is 39.9. The van der Waals surface area contributed by atoms with Gasteiger partial charge in [0, 0.05) is 86.3 Å². The smallest absolute Gasteiger partial charge is 0.248 e. The number of ketones is 1. The van der Waals surface area contributed by atoms with Crippen LogP contribution in [0, 0.1) is 25.5 Å². The molecule has 1 amide bonds.